The van der Waals surface area contributed by atoms with Gasteiger partial charge < -0.3 is 4.74 Å². The highest BCUT2D eigenvalue weighted by Crippen LogP contribution is 2.34. The van der Waals surface area contributed by atoms with Crippen LogP contribution in [0.25, 0.3) is 0 Å². The van der Waals surface area contributed by atoms with Gasteiger partial charge in [0, 0.05) is 12.5 Å². The minimum Gasteiger partial charge on any atom is -0.426 e. The van der Waals surface area contributed by atoms with E-state index in [0.717, 1.165) is 18.4 Å². The number of halogens is 1. The Morgan fingerprint density at radius 1 is 1.15 bits per heavy atom. The van der Waals surface area contributed by atoms with Crippen LogP contribution in [0.4, 0.5) is 4.39 Å². The van der Waals surface area contributed by atoms with Crippen molar-refractivity contribution in [3.63, 3.8) is 0 Å². The highest BCUT2D eigenvalue weighted by atomic mass is 19.1. The molecule has 0 amide bonds. The Morgan fingerprint density at radius 3 is 2.46 bits per heavy atom. The van der Waals surface area contributed by atoms with Gasteiger partial charge in [-0.05, 0) is 30.4 Å². The number of ether oxygens (including phenoxy) is 1. The van der Waals surface area contributed by atoms with Crippen molar-refractivity contribution >= 4 is 5.97 Å². The molecular formula is C22H30FNO2. The first kappa shape index (κ1) is 20.4. The average molecular weight is 359 g/mol. The quantitative estimate of drug-likeness (QED) is 0.301. The van der Waals surface area contributed by atoms with Crippen LogP contribution in [0.5, 0.6) is 5.75 Å². The second-order valence-electron chi connectivity index (χ2n) is 7.50. The number of hydrogen-bond acceptors (Lipinski definition) is 3. The molecule has 1 aromatic rings. The number of benzene rings is 1. The van der Waals surface area contributed by atoms with Crippen LogP contribution in [0.1, 0.15) is 83.1 Å². The normalized spacial score (nSPS) is 19.7. The molecule has 0 aliphatic heterocycles. The van der Waals surface area contributed by atoms with E-state index in [0.29, 0.717) is 12.3 Å². The number of nitrogens with zero attached hydrogens (tertiary/aromatic N) is 1. The van der Waals surface area contributed by atoms with E-state index in [1.165, 1.54) is 69.9 Å². The van der Waals surface area contributed by atoms with E-state index < -0.39 is 5.82 Å². The van der Waals surface area contributed by atoms with Gasteiger partial charge in [0.1, 0.15) is 17.6 Å². The van der Waals surface area contributed by atoms with Crippen LogP contribution in [-0.2, 0) is 4.79 Å². The number of nitriles is 1. The Hall–Kier alpha value is -1.89. The molecule has 0 unspecified atom stereocenters. The van der Waals surface area contributed by atoms with E-state index in [2.05, 4.69) is 6.92 Å². The number of hydrogen-bond donors (Lipinski definition) is 0. The summed E-state index contributed by atoms with van der Waals surface area (Å²) in [6, 6.07) is 5.64. The van der Waals surface area contributed by atoms with Gasteiger partial charge >= 0.3 is 5.97 Å². The summed E-state index contributed by atoms with van der Waals surface area (Å²) in [6.45, 7) is 2.24. The van der Waals surface area contributed by atoms with Gasteiger partial charge in [-0.25, -0.2) is 4.39 Å². The average Bonchev–Trinajstić information content (AvgIpc) is 2.65. The lowest BCUT2D eigenvalue weighted by molar-refractivity contribution is -0.134. The summed E-state index contributed by atoms with van der Waals surface area (Å²) < 4.78 is 18.7. The molecule has 3 nitrogen and oxygen atoms in total. The molecule has 0 radical (unpaired) electrons. The SMILES string of the molecule is CCCCCC[C@H]1CC[C@H](CCC(=O)Oc2ccc(C#N)c(F)c2)CC1. The highest BCUT2D eigenvalue weighted by Gasteiger charge is 2.21. The maximum absolute atomic E-state index is 13.5. The van der Waals surface area contributed by atoms with E-state index >= 15 is 0 Å². The molecule has 0 bridgehead atoms. The fourth-order valence-corrected chi connectivity index (χ4v) is 3.82. The summed E-state index contributed by atoms with van der Waals surface area (Å²) in [7, 11) is 0. The van der Waals surface area contributed by atoms with Crippen molar-refractivity contribution in [2.24, 2.45) is 11.8 Å². The summed E-state index contributed by atoms with van der Waals surface area (Å²) in [5.74, 6) is 0.664. The highest BCUT2D eigenvalue weighted by molar-refractivity contribution is 5.72. The lowest BCUT2D eigenvalue weighted by atomic mass is 9.78. The van der Waals surface area contributed by atoms with Crippen molar-refractivity contribution in [2.75, 3.05) is 0 Å². The Labute approximate surface area is 156 Å². The number of unbranched alkanes of at least 4 members (excludes halogenated alkanes) is 3. The second-order valence-corrected chi connectivity index (χ2v) is 7.50. The second kappa shape index (κ2) is 11.0. The third kappa shape index (κ3) is 6.78. The molecular weight excluding hydrogens is 329 g/mol. The van der Waals surface area contributed by atoms with E-state index in [-0.39, 0.29) is 17.3 Å². The van der Waals surface area contributed by atoms with Gasteiger partial charge in [0.15, 0.2) is 0 Å². The van der Waals surface area contributed by atoms with Gasteiger partial charge in [0.25, 0.3) is 0 Å². The molecule has 1 saturated carbocycles. The van der Waals surface area contributed by atoms with E-state index in [9.17, 15) is 9.18 Å². The van der Waals surface area contributed by atoms with Crippen LogP contribution in [0.2, 0.25) is 0 Å². The van der Waals surface area contributed by atoms with Gasteiger partial charge in [0.05, 0.1) is 5.56 Å². The lowest BCUT2D eigenvalue weighted by Gasteiger charge is -2.28. The lowest BCUT2D eigenvalue weighted by Crippen LogP contribution is -2.17. The van der Waals surface area contributed by atoms with Crippen LogP contribution >= 0.6 is 0 Å². The smallest absolute Gasteiger partial charge is 0.311 e. The number of rotatable bonds is 9. The van der Waals surface area contributed by atoms with Gasteiger partial charge in [-0.1, -0.05) is 64.7 Å². The van der Waals surface area contributed by atoms with Gasteiger partial charge in [0.2, 0.25) is 0 Å². The first-order chi connectivity index (χ1) is 12.6. The van der Waals surface area contributed by atoms with Crippen LogP contribution < -0.4 is 4.74 Å². The number of carbonyl (C=O) groups is 1. The van der Waals surface area contributed by atoms with Crippen LogP contribution in [0.15, 0.2) is 18.2 Å². The van der Waals surface area contributed by atoms with E-state index in [1.807, 2.05) is 0 Å². The third-order valence-electron chi connectivity index (χ3n) is 5.48. The minimum atomic E-state index is -0.657. The maximum atomic E-state index is 13.5. The van der Waals surface area contributed by atoms with Gasteiger partial charge in [-0.15, -0.1) is 0 Å². The monoisotopic (exact) mass is 359 g/mol. The summed E-state index contributed by atoms with van der Waals surface area (Å²) >= 11 is 0. The van der Waals surface area contributed by atoms with Crippen molar-refractivity contribution in [2.45, 2.75) is 77.6 Å². The minimum absolute atomic E-state index is 0.0451. The molecule has 0 saturated heterocycles. The number of esters is 1. The fraction of sp³-hybridized carbons (Fsp3) is 0.636. The van der Waals surface area contributed by atoms with Gasteiger partial charge in [-0.3, -0.25) is 4.79 Å². The van der Waals surface area contributed by atoms with Crippen LogP contribution in [0, 0.1) is 29.0 Å². The Bertz CT molecular complexity index is 615. The Morgan fingerprint density at radius 2 is 1.85 bits per heavy atom. The zero-order valence-corrected chi connectivity index (χ0v) is 15.8. The van der Waals surface area contributed by atoms with Crippen molar-refractivity contribution in [3.8, 4) is 11.8 Å². The summed E-state index contributed by atoms with van der Waals surface area (Å²) in [4.78, 5) is 12.0. The molecule has 1 aliphatic rings. The molecule has 142 valence electrons. The largest absolute Gasteiger partial charge is 0.426 e. The first-order valence-corrected chi connectivity index (χ1v) is 10.0. The van der Waals surface area contributed by atoms with Crippen molar-refractivity contribution in [1.29, 1.82) is 5.26 Å². The topological polar surface area (TPSA) is 50.1 Å². The Kier molecular flexibility index (Phi) is 8.61. The van der Waals surface area contributed by atoms with Crippen LogP contribution in [-0.4, -0.2) is 5.97 Å². The molecule has 1 aromatic carbocycles. The first-order valence-electron chi connectivity index (χ1n) is 10.0. The molecule has 0 spiro atoms. The molecule has 0 aromatic heterocycles. The van der Waals surface area contributed by atoms with E-state index in [4.69, 9.17) is 10.00 Å². The standard InChI is InChI=1S/C22H30FNO2/c1-2-3-4-5-6-17-7-9-18(10-8-17)11-14-22(25)26-20-13-12-19(16-24)21(23)15-20/h12-13,15,17-18H,2-11,14H2,1H3/t17-,18-. The third-order valence-corrected chi connectivity index (χ3v) is 5.48. The van der Waals surface area contributed by atoms with Crippen molar-refractivity contribution in [1.82, 2.24) is 0 Å². The zero-order valence-electron chi connectivity index (χ0n) is 15.8. The molecule has 26 heavy (non-hydrogen) atoms. The predicted octanol–water partition coefficient (Wildman–Crippen LogP) is 6.16. The number of carbonyl (C=O) groups excluding carboxylic acids is 1. The molecule has 2 rings (SSSR count). The Balaban J connectivity index is 1.64. The maximum Gasteiger partial charge on any atom is 0.311 e. The van der Waals surface area contributed by atoms with Crippen LogP contribution in [0.3, 0.4) is 0 Å². The molecule has 0 N–H and O–H groups in total. The molecule has 1 fully saturated rings. The van der Waals surface area contributed by atoms with E-state index in [1.54, 1.807) is 6.07 Å². The predicted molar refractivity (Wildman–Crippen MR) is 100 cm³/mol. The zero-order chi connectivity index (χ0) is 18.8. The summed E-state index contributed by atoms with van der Waals surface area (Å²) in [6.07, 6.45) is 12.9. The molecule has 0 heterocycles. The summed E-state index contributed by atoms with van der Waals surface area (Å²) in [5.41, 5.74) is -0.0451. The fourth-order valence-electron chi connectivity index (χ4n) is 3.82. The van der Waals surface area contributed by atoms with Gasteiger partial charge in [-0.2, -0.15) is 5.26 Å². The summed E-state index contributed by atoms with van der Waals surface area (Å²) in [5, 5.41) is 8.71. The molecule has 0 atom stereocenters. The van der Waals surface area contributed by atoms with Crippen molar-refractivity contribution in [3.05, 3.63) is 29.6 Å². The van der Waals surface area contributed by atoms with Crippen molar-refractivity contribution < 1.29 is 13.9 Å². The molecule has 4 heteroatoms. The molecule has 1 aliphatic carbocycles.